The van der Waals surface area contributed by atoms with Gasteiger partial charge in [0.1, 0.15) is 5.15 Å². The van der Waals surface area contributed by atoms with Crippen molar-refractivity contribution in [3.8, 4) is 22.3 Å². The summed E-state index contributed by atoms with van der Waals surface area (Å²) in [7, 11) is 2.14. The molecule has 1 unspecified atom stereocenters. The van der Waals surface area contributed by atoms with E-state index in [1.54, 1.807) is 0 Å². The van der Waals surface area contributed by atoms with Crippen LogP contribution in [-0.4, -0.2) is 40.1 Å². The average molecular weight is 478 g/mol. The fourth-order valence-corrected chi connectivity index (χ4v) is 5.59. The standard InChI is InChI=1S/C27H25Cl2N3O/c1-32-13-5-8-19(15-32)26-22(16-33)20(11-12-30-26)18-9-10-23-21(14-18)25(28)24(27(29)31-23)17-6-3-2-4-7-17/h2-4,6-7,9-12,14,19,33H,5,8,13,15-16H2,1H3. The first-order valence-corrected chi connectivity index (χ1v) is 11.9. The van der Waals surface area contributed by atoms with Crippen LogP contribution in [0.15, 0.2) is 60.8 Å². The number of pyridine rings is 2. The molecule has 168 valence electrons. The summed E-state index contributed by atoms with van der Waals surface area (Å²) in [4.78, 5) is 11.6. The Hall–Kier alpha value is -2.50. The maximum Gasteiger partial charge on any atom is 0.139 e. The number of hydrogen-bond donors (Lipinski definition) is 1. The zero-order valence-corrected chi connectivity index (χ0v) is 19.9. The topological polar surface area (TPSA) is 49.2 Å². The monoisotopic (exact) mass is 477 g/mol. The molecule has 1 N–H and O–H groups in total. The van der Waals surface area contributed by atoms with E-state index in [2.05, 4.69) is 16.9 Å². The molecule has 0 amide bonds. The molecular weight excluding hydrogens is 453 g/mol. The molecule has 0 bridgehead atoms. The van der Waals surface area contributed by atoms with Crippen LogP contribution in [-0.2, 0) is 6.61 Å². The smallest absolute Gasteiger partial charge is 0.139 e. The lowest BCUT2D eigenvalue weighted by Gasteiger charge is -2.30. The number of likely N-dealkylation sites (tertiary alicyclic amines) is 1. The number of likely N-dealkylation sites (N-methyl/N-ethyl adjacent to an activating group) is 1. The summed E-state index contributed by atoms with van der Waals surface area (Å²) < 4.78 is 0. The van der Waals surface area contributed by atoms with Gasteiger partial charge in [-0.1, -0.05) is 59.6 Å². The first kappa shape index (κ1) is 22.3. The van der Waals surface area contributed by atoms with E-state index in [9.17, 15) is 5.11 Å². The number of aromatic nitrogens is 2. The number of halogens is 2. The molecule has 4 aromatic rings. The normalized spacial score (nSPS) is 16.9. The van der Waals surface area contributed by atoms with E-state index >= 15 is 0 Å². The van der Waals surface area contributed by atoms with Gasteiger partial charge in [0.25, 0.3) is 0 Å². The summed E-state index contributed by atoms with van der Waals surface area (Å²) in [6.07, 6.45) is 4.07. The third-order valence-corrected chi connectivity index (χ3v) is 7.18. The van der Waals surface area contributed by atoms with E-state index < -0.39 is 0 Å². The second-order valence-corrected chi connectivity index (χ2v) is 9.41. The molecule has 2 aromatic heterocycles. The van der Waals surface area contributed by atoms with Crippen molar-refractivity contribution in [2.45, 2.75) is 25.4 Å². The van der Waals surface area contributed by atoms with Gasteiger partial charge < -0.3 is 10.0 Å². The van der Waals surface area contributed by atoms with Crippen molar-refractivity contribution in [3.05, 3.63) is 82.2 Å². The van der Waals surface area contributed by atoms with Crippen LogP contribution in [0.3, 0.4) is 0 Å². The van der Waals surface area contributed by atoms with Gasteiger partial charge in [-0.2, -0.15) is 0 Å². The molecule has 1 aliphatic heterocycles. The molecule has 4 nitrogen and oxygen atoms in total. The number of aliphatic hydroxyl groups is 1. The van der Waals surface area contributed by atoms with Gasteiger partial charge in [-0.3, -0.25) is 4.98 Å². The third kappa shape index (κ3) is 4.24. The number of aliphatic hydroxyl groups excluding tert-OH is 1. The average Bonchev–Trinajstić information content (AvgIpc) is 2.84. The molecule has 3 heterocycles. The van der Waals surface area contributed by atoms with Crippen molar-refractivity contribution in [1.82, 2.24) is 14.9 Å². The molecule has 6 heteroatoms. The molecule has 33 heavy (non-hydrogen) atoms. The highest BCUT2D eigenvalue weighted by Gasteiger charge is 2.24. The van der Waals surface area contributed by atoms with Crippen LogP contribution < -0.4 is 0 Å². The zero-order valence-electron chi connectivity index (χ0n) is 18.4. The molecule has 0 radical (unpaired) electrons. The van der Waals surface area contributed by atoms with Crippen molar-refractivity contribution >= 4 is 34.1 Å². The van der Waals surface area contributed by atoms with Gasteiger partial charge in [-0.25, -0.2) is 4.98 Å². The van der Waals surface area contributed by atoms with E-state index in [1.165, 1.54) is 0 Å². The minimum absolute atomic E-state index is 0.0569. The molecule has 0 spiro atoms. The number of rotatable bonds is 4. The first-order chi connectivity index (χ1) is 16.1. The van der Waals surface area contributed by atoms with Gasteiger partial charge in [-0.15, -0.1) is 0 Å². The Morgan fingerprint density at radius 3 is 2.64 bits per heavy atom. The Morgan fingerprint density at radius 2 is 1.88 bits per heavy atom. The zero-order chi connectivity index (χ0) is 22.9. The fourth-order valence-electron chi connectivity index (χ4n) is 4.90. The Bertz CT molecular complexity index is 1310. The van der Waals surface area contributed by atoms with Crippen LogP contribution in [0.5, 0.6) is 0 Å². The molecule has 1 fully saturated rings. The third-order valence-electron chi connectivity index (χ3n) is 6.51. The Labute approximate surface area is 203 Å². The number of fused-ring (bicyclic) bond motifs is 1. The summed E-state index contributed by atoms with van der Waals surface area (Å²) in [5, 5.41) is 12.1. The fraction of sp³-hybridized carbons (Fsp3) is 0.259. The summed E-state index contributed by atoms with van der Waals surface area (Å²) in [6.45, 7) is 2.00. The maximum atomic E-state index is 10.3. The lowest BCUT2D eigenvalue weighted by molar-refractivity contribution is 0.242. The first-order valence-electron chi connectivity index (χ1n) is 11.2. The minimum Gasteiger partial charge on any atom is -0.392 e. The van der Waals surface area contributed by atoms with Gasteiger partial charge in [0.2, 0.25) is 0 Å². The summed E-state index contributed by atoms with van der Waals surface area (Å²) in [5.41, 5.74) is 6.23. The van der Waals surface area contributed by atoms with Crippen molar-refractivity contribution in [2.24, 2.45) is 0 Å². The predicted octanol–water partition coefficient (Wildman–Crippen LogP) is 6.57. The van der Waals surface area contributed by atoms with Gasteiger partial charge >= 0.3 is 0 Å². The van der Waals surface area contributed by atoms with Crippen LogP contribution in [0.1, 0.15) is 30.0 Å². The molecule has 5 rings (SSSR count). The highest BCUT2D eigenvalue weighted by Crippen LogP contribution is 2.40. The van der Waals surface area contributed by atoms with Crippen LogP contribution >= 0.6 is 23.2 Å². The van der Waals surface area contributed by atoms with E-state index in [1.807, 2.05) is 60.8 Å². The Balaban J connectivity index is 1.64. The number of hydrogen-bond acceptors (Lipinski definition) is 4. The predicted molar refractivity (Wildman–Crippen MR) is 136 cm³/mol. The minimum atomic E-state index is -0.0569. The van der Waals surface area contributed by atoms with E-state index in [-0.39, 0.29) is 6.61 Å². The number of nitrogens with zero attached hydrogens (tertiary/aromatic N) is 3. The molecule has 1 aliphatic rings. The highest BCUT2D eigenvalue weighted by molar-refractivity contribution is 6.42. The SMILES string of the molecule is CN1CCCC(c2nccc(-c3ccc4nc(Cl)c(-c5ccccc5)c(Cl)c4c3)c2CO)C1. The summed E-state index contributed by atoms with van der Waals surface area (Å²) in [6, 6.07) is 17.8. The second kappa shape index (κ2) is 9.40. The van der Waals surface area contributed by atoms with Crippen LogP contribution in [0.4, 0.5) is 0 Å². The van der Waals surface area contributed by atoms with Crippen LogP contribution in [0, 0.1) is 0 Å². The van der Waals surface area contributed by atoms with Crippen molar-refractivity contribution < 1.29 is 5.11 Å². The van der Waals surface area contributed by atoms with E-state index in [0.29, 0.717) is 16.1 Å². The van der Waals surface area contributed by atoms with Gasteiger partial charge in [-0.05, 0) is 61.3 Å². The van der Waals surface area contributed by atoms with E-state index in [0.717, 1.165) is 70.3 Å². The molecular formula is C27H25Cl2N3O. The lowest BCUT2D eigenvalue weighted by Crippen LogP contribution is -2.31. The maximum absolute atomic E-state index is 10.3. The largest absolute Gasteiger partial charge is 0.392 e. The van der Waals surface area contributed by atoms with Crippen molar-refractivity contribution in [2.75, 3.05) is 20.1 Å². The van der Waals surface area contributed by atoms with Crippen molar-refractivity contribution in [3.63, 3.8) is 0 Å². The molecule has 1 atom stereocenters. The number of piperidine rings is 1. The molecule has 2 aromatic carbocycles. The summed E-state index contributed by atoms with van der Waals surface area (Å²) >= 11 is 13.4. The van der Waals surface area contributed by atoms with Crippen molar-refractivity contribution in [1.29, 1.82) is 0 Å². The number of benzene rings is 2. The molecule has 0 saturated carbocycles. The molecule has 0 aliphatic carbocycles. The lowest BCUT2D eigenvalue weighted by atomic mass is 9.88. The van der Waals surface area contributed by atoms with Crippen LogP contribution in [0.2, 0.25) is 10.2 Å². The quantitative estimate of drug-likeness (QED) is 0.337. The Morgan fingerprint density at radius 1 is 1.06 bits per heavy atom. The van der Waals surface area contributed by atoms with Crippen LogP contribution in [0.25, 0.3) is 33.2 Å². The van der Waals surface area contributed by atoms with Gasteiger partial charge in [0, 0.05) is 35.2 Å². The highest BCUT2D eigenvalue weighted by atomic mass is 35.5. The Kier molecular flexibility index (Phi) is 6.35. The molecule has 1 saturated heterocycles. The second-order valence-electron chi connectivity index (χ2n) is 8.67. The van der Waals surface area contributed by atoms with Gasteiger partial charge in [0.15, 0.2) is 0 Å². The van der Waals surface area contributed by atoms with E-state index in [4.69, 9.17) is 28.2 Å². The summed E-state index contributed by atoms with van der Waals surface area (Å²) in [5.74, 6) is 0.319. The van der Waals surface area contributed by atoms with Gasteiger partial charge in [0.05, 0.1) is 22.8 Å².